The predicted octanol–water partition coefficient (Wildman–Crippen LogP) is 2.98. The van der Waals surface area contributed by atoms with Gasteiger partial charge in [0.05, 0.1) is 17.5 Å². The van der Waals surface area contributed by atoms with E-state index in [-0.39, 0.29) is 23.7 Å². The van der Waals surface area contributed by atoms with E-state index in [1.54, 1.807) is 0 Å². The van der Waals surface area contributed by atoms with Gasteiger partial charge in [0, 0.05) is 4.47 Å². The van der Waals surface area contributed by atoms with Crippen molar-refractivity contribution in [3.63, 3.8) is 0 Å². The molecule has 1 aliphatic heterocycles. The summed E-state index contributed by atoms with van der Waals surface area (Å²) in [4.78, 5) is 26.0. The van der Waals surface area contributed by atoms with Crippen LogP contribution < -0.4 is 4.90 Å². The van der Waals surface area contributed by atoms with E-state index in [4.69, 9.17) is 0 Å². The number of halogens is 1. The monoisotopic (exact) mass is 307 g/mol. The molecule has 0 spiro atoms. The van der Waals surface area contributed by atoms with Gasteiger partial charge in [-0.3, -0.25) is 14.5 Å². The number of carbonyl (C=O) groups is 2. The number of anilines is 1. The summed E-state index contributed by atoms with van der Waals surface area (Å²) in [6, 6.07) is 7.33. The van der Waals surface area contributed by atoms with E-state index in [1.807, 2.05) is 24.3 Å². The molecular formula is C14H14BrNO2. The largest absolute Gasteiger partial charge is 0.274 e. The first-order valence-electron chi connectivity index (χ1n) is 6.21. The molecule has 1 saturated carbocycles. The number of benzene rings is 1. The highest BCUT2D eigenvalue weighted by molar-refractivity contribution is 9.10. The highest BCUT2D eigenvalue weighted by Gasteiger charge is 2.52. The molecule has 4 heteroatoms. The van der Waals surface area contributed by atoms with Crippen molar-refractivity contribution in [2.45, 2.75) is 19.8 Å². The Morgan fingerprint density at radius 2 is 1.56 bits per heavy atom. The second-order valence-corrected chi connectivity index (χ2v) is 6.19. The summed E-state index contributed by atoms with van der Waals surface area (Å²) in [6.45, 7) is 2.11. The van der Waals surface area contributed by atoms with Crippen molar-refractivity contribution >= 4 is 33.4 Å². The first-order chi connectivity index (χ1) is 8.58. The molecule has 2 atom stereocenters. The van der Waals surface area contributed by atoms with Crippen LogP contribution in [0.2, 0.25) is 0 Å². The van der Waals surface area contributed by atoms with Crippen molar-refractivity contribution in [3.05, 3.63) is 28.7 Å². The zero-order chi connectivity index (χ0) is 12.9. The van der Waals surface area contributed by atoms with E-state index >= 15 is 0 Å². The average Bonchev–Trinajstić information content (AvgIpc) is 2.82. The number of rotatable bonds is 1. The minimum Gasteiger partial charge on any atom is -0.274 e. The summed E-state index contributed by atoms with van der Waals surface area (Å²) in [5.41, 5.74) is 0.690. The van der Waals surface area contributed by atoms with Gasteiger partial charge in [0.1, 0.15) is 0 Å². The third-order valence-corrected chi connectivity index (χ3v) is 4.49. The normalized spacial score (nSPS) is 31.0. The molecule has 1 aromatic rings. The maximum absolute atomic E-state index is 12.3. The van der Waals surface area contributed by atoms with Crippen LogP contribution in [0.15, 0.2) is 28.7 Å². The van der Waals surface area contributed by atoms with Gasteiger partial charge in [0.2, 0.25) is 11.8 Å². The lowest BCUT2D eigenvalue weighted by atomic mass is 10.00. The SMILES string of the molecule is CC1CC2C(=O)N(c3ccc(Br)cc3)C(=O)C2C1. The number of hydrogen-bond donors (Lipinski definition) is 0. The second kappa shape index (κ2) is 4.19. The van der Waals surface area contributed by atoms with Crippen molar-refractivity contribution in [2.75, 3.05) is 4.90 Å². The molecule has 0 N–H and O–H groups in total. The summed E-state index contributed by atoms with van der Waals surface area (Å²) >= 11 is 3.35. The summed E-state index contributed by atoms with van der Waals surface area (Å²) in [5, 5.41) is 0. The highest BCUT2D eigenvalue weighted by Crippen LogP contribution is 2.44. The molecule has 2 fully saturated rings. The quantitative estimate of drug-likeness (QED) is 0.748. The maximum Gasteiger partial charge on any atom is 0.237 e. The van der Waals surface area contributed by atoms with Crippen LogP contribution in [0.5, 0.6) is 0 Å². The standard InChI is InChI=1S/C14H14BrNO2/c1-8-6-11-12(7-8)14(18)16(13(11)17)10-4-2-9(15)3-5-10/h2-5,8,11-12H,6-7H2,1H3. The molecule has 1 heterocycles. The fourth-order valence-electron chi connectivity index (χ4n) is 3.12. The number of imide groups is 1. The van der Waals surface area contributed by atoms with Crippen molar-refractivity contribution in [1.82, 2.24) is 0 Å². The Hall–Kier alpha value is -1.16. The Balaban J connectivity index is 1.93. The van der Waals surface area contributed by atoms with Gasteiger partial charge in [0.15, 0.2) is 0 Å². The molecule has 1 aromatic carbocycles. The van der Waals surface area contributed by atoms with E-state index in [2.05, 4.69) is 22.9 Å². The number of carbonyl (C=O) groups excluding carboxylic acids is 2. The predicted molar refractivity (Wildman–Crippen MR) is 72.0 cm³/mol. The van der Waals surface area contributed by atoms with Crippen LogP contribution in [0.3, 0.4) is 0 Å². The van der Waals surface area contributed by atoms with Crippen LogP contribution in [-0.2, 0) is 9.59 Å². The molecule has 0 radical (unpaired) electrons. The van der Waals surface area contributed by atoms with E-state index in [0.717, 1.165) is 17.3 Å². The van der Waals surface area contributed by atoms with Crippen molar-refractivity contribution in [2.24, 2.45) is 17.8 Å². The lowest BCUT2D eigenvalue weighted by Crippen LogP contribution is -2.32. The van der Waals surface area contributed by atoms with Gasteiger partial charge in [0.25, 0.3) is 0 Å². The topological polar surface area (TPSA) is 37.4 Å². The number of nitrogens with zero attached hydrogens (tertiary/aromatic N) is 1. The molecule has 0 aromatic heterocycles. The van der Waals surface area contributed by atoms with Crippen LogP contribution in [0.4, 0.5) is 5.69 Å². The third-order valence-electron chi connectivity index (χ3n) is 3.96. The molecule has 1 saturated heterocycles. The first kappa shape index (κ1) is 11.9. The van der Waals surface area contributed by atoms with Gasteiger partial charge >= 0.3 is 0 Å². The Kier molecular flexibility index (Phi) is 2.77. The Morgan fingerprint density at radius 3 is 2.06 bits per heavy atom. The molecule has 18 heavy (non-hydrogen) atoms. The summed E-state index contributed by atoms with van der Waals surface area (Å²) in [7, 11) is 0. The van der Waals surface area contributed by atoms with E-state index in [0.29, 0.717) is 11.6 Å². The van der Waals surface area contributed by atoms with Gasteiger partial charge in [-0.25, -0.2) is 0 Å². The summed E-state index contributed by atoms with van der Waals surface area (Å²) in [5.74, 6) is 0.278. The Morgan fingerprint density at radius 1 is 1.06 bits per heavy atom. The molecule has 3 nitrogen and oxygen atoms in total. The number of fused-ring (bicyclic) bond motifs is 1. The van der Waals surface area contributed by atoms with Crippen molar-refractivity contribution < 1.29 is 9.59 Å². The van der Waals surface area contributed by atoms with Crippen LogP contribution in [-0.4, -0.2) is 11.8 Å². The number of amides is 2. The van der Waals surface area contributed by atoms with E-state index in [9.17, 15) is 9.59 Å². The van der Waals surface area contributed by atoms with E-state index in [1.165, 1.54) is 4.90 Å². The lowest BCUT2D eigenvalue weighted by Gasteiger charge is -2.16. The summed E-state index contributed by atoms with van der Waals surface area (Å²) in [6.07, 6.45) is 1.70. The van der Waals surface area contributed by atoms with Gasteiger partial charge in [-0.1, -0.05) is 22.9 Å². The number of hydrogen-bond acceptors (Lipinski definition) is 2. The third kappa shape index (κ3) is 1.70. The minimum absolute atomic E-state index is 0.0170. The summed E-state index contributed by atoms with van der Waals surface area (Å²) < 4.78 is 0.944. The second-order valence-electron chi connectivity index (χ2n) is 5.28. The van der Waals surface area contributed by atoms with Gasteiger partial charge in [-0.15, -0.1) is 0 Å². The molecule has 2 unspecified atom stereocenters. The zero-order valence-corrected chi connectivity index (χ0v) is 11.7. The van der Waals surface area contributed by atoms with Gasteiger partial charge in [-0.2, -0.15) is 0 Å². The minimum atomic E-state index is -0.0869. The highest BCUT2D eigenvalue weighted by atomic mass is 79.9. The lowest BCUT2D eigenvalue weighted by molar-refractivity contribution is -0.123. The van der Waals surface area contributed by atoms with E-state index < -0.39 is 0 Å². The van der Waals surface area contributed by atoms with Crippen molar-refractivity contribution in [1.29, 1.82) is 0 Å². The van der Waals surface area contributed by atoms with Crippen LogP contribution >= 0.6 is 15.9 Å². The van der Waals surface area contributed by atoms with Crippen LogP contribution in [0.25, 0.3) is 0 Å². The fourth-order valence-corrected chi connectivity index (χ4v) is 3.39. The molecule has 1 aliphatic carbocycles. The Bertz CT molecular complexity index is 487. The van der Waals surface area contributed by atoms with Gasteiger partial charge in [-0.05, 0) is 43.0 Å². The first-order valence-corrected chi connectivity index (χ1v) is 7.00. The molecule has 2 aliphatic rings. The maximum atomic E-state index is 12.3. The van der Waals surface area contributed by atoms with Crippen LogP contribution in [0.1, 0.15) is 19.8 Å². The zero-order valence-electron chi connectivity index (χ0n) is 10.1. The Labute approximate surface area is 114 Å². The van der Waals surface area contributed by atoms with Crippen molar-refractivity contribution in [3.8, 4) is 0 Å². The molecule has 94 valence electrons. The average molecular weight is 308 g/mol. The fraction of sp³-hybridized carbons (Fsp3) is 0.429. The molecular weight excluding hydrogens is 294 g/mol. The van der Waals surface area contributed by atoms with Crippen LogP contribution in [0, 0.1) is 17.8 Å². The molecule has 0 bridgehead atoms. The van der Waals surface area contributed by atoms with Gasteiger partial charge < -0.3 is 0 Å². The smallest absolute Gasteiger partial charge is 0.237 e. The molecule has 2 amide bonds. The molecule has 3 rings (SSSR count).